The van der Waals surface area contributed by atoms with Gasteiger partial charge in [-0.2, -0.15) is 0 Å². The van der Waals surface area contributed by atoms with Crippen molar-refractivity contribution in [1.82, 2.24) is 0 Å². The van der Waals surface area contributed by atoms with Crippen molar-refractivity contribution in [3.05, 3.63) is 30.3 Å². The Balaban J connectivity index is 2.73. The lowest BCUT2D eigenvalue weighted by atomic mass is 10.1. The fourth-order valence-electron chi connectivity index (χ4n) is 1.87. The normalized spacial score (nSPS) is 27.6. The molecule has 9 heteroatoms. The van der Waals surface area contributed by atoms with Crippen molar-refractivity contribution in [2.24, 2.45) is 0 Å². The Morgan fingerprint density at radius 1 is 1.05 bits per heavy atom. The van der Waals surface area contributed by atoms with Gasteiger partial charge >= 0.3 is 5.97 Å². The molecule has 1 aliphatic heterocycles. The van der Waals surface area contributed by atoms with Crippen molar-refractivity contribution in [3.63, 3.8) is 0 Å². The number of aliphatic carboxylic acids is 1. The van der Waals surface area contributed by atoms with Gasteiger partial charge in [-0.05, 0) is 12.1 Å². The molecule has 0 aliphatic carbocycles. The van der Waals surface area contributed by atoms with Crippen LogP contribution >= 0.6 is 58.0 Å². The molecule has 1 aliphatic rings. The van der Waals surface area contributed by atoms with Gasteiger partial charge in [-0.15, -0.1) is 0 Å². The summed E-state index contributed by atoms with van der Waals surface area (Å²) in [6.45, 7) is 0. The number of benzene rings is 1. The summed E-state index contributed by atoms with van der Waals surface area (Å²) in [7, 11) is 0. The maximum Gasteiger partial charge on any atom is 0.349 e. The van der Waals surface area contributed by atoms with E-state index in [9.17, 15) is 14.7 Å². The van der Waals surface area contributed by atoms with Crippen molar-refractivity contribution in [1.29, 1.82) is 0 Å². The second kappa shape index (κ2) is 4.82. The van der Waals surface area contributed by atoms with Crippen molar-refractivity contribution >= 4 is 75.6 Å². The molecule has 1 atom stereocenters. The number of hydrogen-bond acceptors (Lipinski definition) is 2. The van der Waals surface area contributed by atoms with E-state index in [1.165, 1.54) is 12.1 Å². The number of halogens is 5. The molecule has 0 bridgehead atoms. The van der Waals surface area contributed by atoms with E-state index in [1.807, 2.05) is 0 Å². The molecule has 2 rings (SSSR count). The molecule has 0 unspecified atom stereocenters. The van der Waals surface area contributed by atoms with Crippen LogP contribution in [-0.2, 0) is 9.59 Å². The SMILES string of the molecule is O=C1N(c2ccccc2)[C@](Cl)(C(=O)O)C(Cl)(Cl)C1(Cl)Cl. The van der Waals surface area contributed by atoms with Crippen LogP contribution in [0.3, 0.4) is 0 Å². The number of hydrogen-bond donors (Lipinski definition) is 1. The van der Waals surface area contributed by atoms with Crippen LogP contribution < -0.4 is 4.90 Å². The summed E-state index contributed by atoms with van der Waals surface area (Å²) < 4.78 is -4.88. The quantitative estimate of drug-likeness (QED) is 0.635. The topological polar surface area (TPSA) is 57.6 Å². The highest BCUT2D eigenvalue weighted by Gasteiger charge is 2.78. The van der Waals surface area contributed by atoms with E-state index in [0.717, 1.165) is 0 Å². The predicted octanol–water partition coefficient (Wildman–Crippen LogP) is 3.40. The molecule has 1 N–H and O–H groups in total. The number of carbonyl (C=O) groups excluding carboxylic acids is 1. The molecule has 1 amide bonds. The first-order valence-corrected chi connectivity index (χ1v) is 7.05. The fourth-order valence-corrected chi connectivity index (χ4v) is 3.21. The number of amides is 1. The van der Waals surface area contributed by atoms with Gasteiger partial charge in [0.2, 0.25) is 8.67 Å². The summed E-state index contributed by atoms with van der Waals surface area (Å²) in [5.41, 5.74) is 0.156. The number of carboxylic acids is 1. The van der Waals surface area contributed by atoms with Gasteiger partial charge in [0, 0.05) is 5.69 Å². The lowest BCUT2D eigenvalue weighted by molar-refractivity contribution is -0.140. The maximum atomic E-state index is 12.3. The standard InChI is InChI=1S/C11H6Cl5NO3/c12-9(13)7(18)17(6-4-2-1-3-5-6)10(14,8(19)20)11(9,15)16/h1-5H,(H,19,20)/t10-/m1/s1. The minimum atomic E-state index is -2.54. The third-order valence-corrected chi connectivity index (χ3v) is 6.09. The van der Waals surface area contributed by atoms with Gasteiger partial charge < -0.3 is 5.11 Å². The lowest BCUT2D eigenvalue weighted by Gasteiger charge is -2.34. The van der Waals surface area contributed by atoms with Crippen LogP contribution in [0.25, 0.3) is 0 Å². The Morgan fingerprint density at radius 3 is 2.00 bits per heavy atom. The summed E-state index contributed by atoms with van der Waals surface area (Å²) in [6, 6.07) is 7.74. The predicted molar refractivity (Wildman–Crippen MR) is 79.0 cm³/mol. The molecular weight excluding hydrogens is 371 g/mol. The number of alkyl halides is 5. The molecular formula is C11H6Cl5NO3. The van der Waals surface area contributed by atoms with Crippen molar-refractivity contribution in [3.8, 4) is 0 Å². The summed E-state index contributed by atoms with van der Waals surface area (Å²) in [4.78, 5) is 22.0. The molecule has 1 heterocycles. The van der Waals surface area contributed by atoms with Crippen LogP contribution in [0.15, 0.2) is 30.3 Å². The molecule has 20 heavy (non-hydrogen) atoms. The van der Waals surface area contributed by atoms with Gasteiger partial charge in [-0.25, -0.2) is 4.79 Å². The van der Waals surface area contributed by atoms with E-state index in [-0.39, 0.29) is 5.69 Å². The molecule has 1 saturated heterocycles. The van der Waals surface area contributed by atoms with E-state index in [4.69, 9.17) is 58.0 Å². The van der Waals surface area contributed by atoms with Gasteiger partial charge in [0.1, 0.15) is 0 Å². The third kappa shape index (κ3) is 1.82. The Kier molecular flexibility index (Phi) is 3.85. The number of para-hydroxylation sites is 1. The number of carbonyl (C=O) groups is 2. The van der Waals surface area contributed by atoms with Crippen LogP contribution in [0.1, 0.15) is 0 Å². The Morgan fingerprint density at radius 2 is 1.55 bits per heavy atom. The molecule has 0 saturated carbocycles. The number of carboxylic acid groups (broad SMARTS) is 1. The monoisotopic (exact) mass is 375 g/mol. The molecule has 1 aromatic carbocycles. The van der Waals surface area contributed by atoms with E-state index in [0.29, 0.717) is 4.90 Å². The van der Waals surface area contributed by atoms with Crippen LogP contribution in [0, 0.1) is 0 Å². The van der Waals surface area contributed by atoms with Gasteiger partial charge in [0.25, 0.3) is 10.9 Å². The van der Waals surface area contributed by atoms with Gasteiger partial charge in [-0.1, -0.05) is 76.2 Å². The highest BCUT2D eigenvalue weighted by molar-refractivity contribution is 6.75. The highest BCUT2D eigenvalue weighted by Crippen LogP contribution is 2.60. The van der Waals surface area contributed by atoms with E-state index in [2.05, 4.69) is 0 Å². The molecule has 0 aromatic heterocycles. The van der Waals surface area contributed by atoms with Crippen LogP contribution in [0.2, 0.25) is 0 Å². The zero-order valence-corrected chi connectivity index (χ0v) is 13.3. The summed E-state index contributed by atoms with van der Waals surface area (Å²) in [5.74, 6) is -2.67. The van der Waals surface area contributed by atoms with Crippen LogP contribution in [0.5, 0.6) is 0 Å². The minimum absolute atomic E-state index is 0.156. The van der Waals surface area contributed by atoms with Crippen LogP contribution in [0.4, 0.5) is 5.69 Å². The van der Waals surface area contributed by atoms with Gasteiger partial charge in [0.05, 0.1) is 0 Å². The highest BCUT2D eigenvalue weighted by atomic mass is 35.5. The summed E-state index contributed by atoms with van der Waals surface area (Å²) in [6.07, 6.45) is 0. The Hall–Kier alpha value is -0.390. The minimum Gasteiger partial charge on any atom is -0.478 e. The Bertz CT molecular complexity index is 577. The largest absolute Gasteiger partial charge is 0.478 e. The molecule has 0 spiro atoms. The fraction of sp³-hybridized carbons (Fsp3) is 0.273. The van der Waals surface area contributed by atoms with Crippen molar-refractivity contribution in [2.45, 2.75) is 13.7 Å². The molecule has 0 radical (unpaired) electrons. The van der Waals surface area contributed by atoms with E-state index in [1.54, 1.807) is 18.2 Å². The first-order chi connectivity index (χ1) is 9.08. The molecule has 108 valence electrons. The average molecular weight is 377 g/mol. The van der Waals surface area contributed by atoms with Gasteiger partial charge in [0.15, 0.2) is 0 Å². The summed E-state index contributed by atoms with van der Waals surface area (Å²) in [5, 5.41) is 9.38. The molecule has 4 nitrogen and oxygen atoms in total. The molecule has 1 fully saturated rings. The first kappa shape index (κ1) is 16.0. The second-order valence-electron chi connectivity index (χ2n) is 4.05. The molecule has 1 aromatic rings. The number of rotatable bonds is 2. The summed E-state index contributed by atoms with van der Waals surface area (Å²) >= 11 is 29.6. The number of anilines is 1. The zero-order chi connectivity index (χ0) is 15.3. The average Bonchev–Trinajstić information content (AvgIpc) is 2.48. The van der Waals surface area contributed by atoms with Crippen molar-refractivity contribution in [2.75, 3.05) is 4.90 Å². The first-order valence-electron chi connectivity index (χ1n) is 5.16. The third-order valence-electron chi connectivity index (χ3n) is 2.89. The lowest BCUT2D eigenvalue weighted by Crippen LogP contribution is -2.57. The maximum absolute atomic E-state index is 12.3. The van der Waals surface area contributed by atoms with Crippen molar-refractivity contribution < 1.29 is 14.7 Å². The number of nitrogens with zero attached hydrogens (tertiary/aromatic N) is 1. The zero-order valence-electron chi connectivity index (χ0n) is 9.49. The van der Waals surface area contributed by atoms with Crippen LogP contribution in [-0.4, -0.2) is 30.6 Å². The second-order valence-corrected chi connectivity index (χ2v) is 7.25. The van der Waals surface area contributed by atoms with E-state index < -0.39 is 25.5 Å². The van der Waals surface area contributed by atoms with E-state index >= 15 is 0 Å². The smallest absolute Gasteiger partial charge is 0.349 e. The Labute approximate surface area is 139 Å². The van der Waals surface area contributed by atoms with Gasteiger partial charge in [-0.3, -0.25) is 9.69 Å².